The Morgan fingerprint density at radius 1 is 1.52 bits per heavy atom. The smallest absolute Gasteiger partial charge is 0.394 e. The van der Waals surface area contributed by atoms with Crippen LogP contribution in [0.15, 0.2) is 17.1 Å². The normalized spacial score (nSPS) is 29.7. The van der Waals surface area contributed by atoms with E-state index in [4.69, 9.17) is 25.4 Å². The maximum absolute atomic E-state index is 11.7. The van der Waals surface area contributed by atoms with Gasteiger partial charge in [-0.1, -0.05) is 0 Å². The van der Waals surface area contributed by atoms with Gasteiger partial charge in [0, 0.05) is 6.20 Å². The number of aromatic nitrogens is 2. The molecule has 12 heteroatoms. The Kier molecular flexibility index (Phi) is 4.44. The standard InChI is InChI=1S/C9H14N3O8P/c10-5-1-2-12(9(15)11-5)8-6(14)7(4(3-13)19-8)20-21(16,17)18/h1-2,4,6-8,13-14H,3H2,(H2,10,11,15)(H2,16,17,18)/t4-,6+,7-,8+/m0/s1. The van der Waals surface area contributed by atoms with Crippen LogP contribution in [0.4, 0.5) is 5.82 Å². The van der Waals surface area contributed by atoms with Gasteiger partial charge in [-0.25, -0.2) is 9.36 Å². The van der Waals surface area contributed by atoms with Crippen LogP contribution in [0.25, 0.3) is 0 Å². The first-order chi connectivity index (χ1) is 9.73. The molecule has 0 bridgehead atoms. The maximum Gasteiger partial charge on any atom is 0.470 e. The van der Waals surface area contributed by atoms with Gasteiger partial charge in [0.25, 0.3) is 0 Å². The Labute approximate surface area is 117 Å². The van der Waals surface area contributed by atoms with Crippen molar-refractivity contribution < 1.29 is 33.8 Å². The third kappa shape index (κ3) is 3.47. The topological polar surface area (TPSA) is 177 Å². The van der Waals surface area contributed by atoms with Crippen molar-refractivity contribution in [1.29, 1.82) is 0 Å². The second-order valence-electron chi connectivity index (χ2n) is 4.34. The molecule has 1 aliphatic heterocycles. The zero-order valence-electron chi connectivity index (χ0n) is 10.5. The fourth-order valence-corrected chi connectivity index (χ4v) is 2.58. The van der Waals surface area contributed by atoms with Crippen LogP contribution >= 0.6 is 7.82 Å². The van der Waals surface area contributed by atoms with E-state index in [-0.39, 0.29) is 5.82 Å². The summed E-state index contributed by atoms with van der Waals surface area (Å²) >= 11 is 0. The molecule has 1 fully saturated rings. The van der Waals surface area contributed by atoms with E-state index in [0.717, 1.165) is 4.57 Å². The fraction of sp³-hybridized carbons (Fsp3) is 0.556. The zero-order valence-corrected chi connectivity index (χ0v) is 11.4. The fourth-order valence-electron chi connectivity index (χ4n) is 2.00. The van der Waals surface area contributed by atoms with Crippen molar-refractivity contribution in [2.45, 2.75) is 24.5 Å². The maximum atomic E-state index is 11.7. The SMILES string of the molecule is Nc1ccn([C@@H]2O[C@@H](CO)[C@H](OP(=O)(O)O)[C@H]2O)c(=O)n1. The number of aliphatic hydroxyl groups excluding tert-OH is 2. The summed E-state index contributed by atoms with van der Waals surface area (Å²) in [6.07, 6.45) is -4.45. The van der Waals surface area contributed by atoms with E-state index >= 15 is 0 Å². The molecule has 1 saturated heterocycles. The van der Waals surface area contributed by atoms with E-state index in [1.54, 1.807) is 0 Å². The van der Waals surface area contributed by atoms with Crippen LogP contribution in [0.1, 0.15) is 6.23 Å². The van der Waals surface area contributed by atoms with Gasteiger partial charge in [-0.2, -0.15) is 4.98 Å². The molecule has 1 aromatic heterocycles. The Balaban J connectivity index is 2.31. The average molecular weight is 323 g/mol. The number of phosphoric acid groups is 1. The number of nitrogen functional groups attached to an aromatic ring is 1. The summed E-state index contributed by atoms with van der Waals surface area (Å²) < 4.78 is 21.4. The molecule has 2 heterocycles. The zero-order chi connectivity index (χ0) is 15.8. The highest BCUT2D eigenvalue weighted by molar-refractivity contribution is 7.46. The van der Waals surface area contributed by atoms with Crippen LogP contribution in [0.2, 0.25) is 0 Å². The quantitative estimate of drug-likeness (QED) is 0.374. The highest BCUT2D eigenvalue weighted by atomic mass is 31.2. The highest BCUT2D eigenvalue weighted by Crippen LogP contribution is 2.43. The van der Waals surface area contributed by atoms with Crippen molar-refractivity contribution in [3.05, 3.63) is 22.7 Å². The molecule has 0 aliphatic carbocycles. The number of nitrogens with two attached hydrogens (primary N) is 1. The first-order valence-electron chi connectivity index (χ1n) is 5.76. The first kappa shape index (κ1) is 16.0. The lowest BCUT2D eigenvalue weighted by atomic mass is 10.1. The molecule has 118 valence electrons. The van der Waals surface area contributed by atoms with Gasteiger partial charge in [0.1, 0.15) is 24.1 Å². The Bertz CT molecular complexity index is 615. The molecule has 0 unspecified atom stereocenters. The molecule has 2 rings (SSSR count). The number of hydrogen-bond donors (Lipinski definition) is 5. The minimum absolute atomic E-state index is 0.0366. The van der Waals surface area contributed by atoms with Crippen molar-refractivity contribution in [2.75, 3.05) is 12.3 Å². The number of phosphoric ester groups is 1. The van der Waals surface area contributed by atoms with Gasteiger partial charge < -0.3 is 30.5 Å². The third-order valence-electron chi connectivity index (χ3n) is 2.87. The monoisotopic (exact) mass is 323 g/mol. The largest absolute Gasteiger partial charge is 0.470 e. The molecule has 11 nitrogen and oxygen atoms in total. The molecule has 0 amide bonds. The third-order valence-corrected chi connectivity index (χ3v) is 3.39. The summed E-state index contributed by atoms with van der Waals surface area (Å²) in [6.45, 7) is -0.671. The summed E-state index contributed by atoms with van der Waals surface area (Å²) in [5.74, 6) is -0.0366. The Hall–Kier alpha value is -1.33. The van der Waals surface area contributed by atoms with Crippen LogP contribution in [0.5, 0.6) is 0 Å². The number of aliphatic hydroxyl groups is 2. The van der Waals surface area contributed by atoms with Crippen molar-refractivity contribution >= 4 is 13.6 Å². The molecule has 0 spiro atoms. The predicted octanol–water partition coefficient (Wildman–Crippen LogP) is -2.45. The van der Waals surface area contributed by atoms with E-state index in [0.29, 0.717) is 0 Å². The summed E-state index contributed by atoms with van der Waals surface area (Å²) in [7, 11) is -4.91. The molecular weight excluding hydrogens is 309 g/mol. The van der Waals surface area contributed by atoms with Crippen LogP contribution < -0.4 is 11.4 Å². The van der Waals surface area contributed by atoms with Gasteiger partial charge in [0.2, 0.25) is 0 Å². The van der Waals surface area contributed by atoms with E-state index in [2.05, 4.69) is 9.51 Å². The number of ether oxygens (including phenoxy) is 1. The molecule has 4 atom stereocenters. The van der Waals surface area contributed by atoms with Crippen LogP contribution in [0, 0.1) is 0 Å². The number of hydrogen-bond acceptors (Lipinski definition) is 8. The summed E-state index contributed by atoms with van der Waals surface area (Å²) in [5.41, 5.74) is 4.50. The second-order valence-corrected chi connectivity index (χ2v) is 5.53. The molecule has 21 heavy (non-hydrogen) atoms. The molecule has 6 N–H and O–H groups in total. The lowest BCUT2D eigenvalue weighted by molar-refractivity contribution is -0.0548. The molecular formula is C9H14N3O8P. The van der Waals surface area contributed by atoms with Crippen molar-refractivity contribution in [3.63, 3.8) is 0 Å². The van der Waals surface area contributed by atoms with Crippen molar-refractivity contribution in [2.24, 2.45) is 0 Å². The van der Waals surface area contributed by atoms with E-state index in [1.165, 1.54) is 12.3 Å². The average Bonchev–Trinajstić information content (AvgIpc) is 2.65. The minimum atomic E-state index is -4.91. The number of nitrogens with zero attached hydrogens (tertiary/aromatic N) is 2. The van der Waals surface area contributed by atoms with Gasteiger partial charge in [-0.15, -0.1) is 0 Å². The van der Waals surface area contributed by atoms with Crippen molar-refractivity contribution in [3.8, 4) is 0 Å². The molecule has 1 aliphatic rings. The number of anilines is 1. The first-order valence-corrected chi connectivity index (χ1v) is 7.29. The van der Waals surface area contributed by atoms with Gasteiger partial charge >= 0.3 is 13.5 Å². The molecule has 0 aromatic carbocycles. The van der Waals surface area contributed by atoms with Gasteiger partial charge in [0.05, 0.1) is 6.61 Å². The lowest BCUT2D eigenvalue weighted by Gasteiger charge is -2.20. The Morgan fingerprint density at radius 3 is 2.71 bits per heavy atom. The molecule has 0 saturated carbocycles. The van der Waals surface area contributed by atoms with E-state index < -0.39 is 44.7 Å². The lowest BCUT2D eigenvalue weighted by Crippen LogP contribution is -2.37. The van der Waals surface area contributed by atoms with Gasteiger partial charge in [-0.3, -0.25) is 9.09 Å². The highest BCUT2D eigenvalue weighted by Gasteiger charge is 2.48. The second kappa shape index (κ2) is 5.81. The van der Waals surface area contributed by atoms with Gasteiger partial charge in [-0.05, 0) is 6.07 Å². The number of rotatable bonds is 4. The van der Waals surface area contributed by atoms with Crippen LogP contribution in [-0.4, -0.2) is 54.5 Å². The van der Waals surface area contributed by atoms with E-state index in [9.17, 15) is 14.5 Å². The van der Waals surface area contributed by atoms with Crippen LogP contribution in [-0.2, 0) is 13.8 Å². The molecule has 1 aromatic rings. The Morgan fingerprint density at radius 2 is 2.19 bits per heavy atom. The van der Waals surface area contributed by atoms with Gasteiger partial charge in [0.15, 0.2) is 6.23 Å². The van der Waals surface area contributed by atoms with Crippen LogP contribution in [0.3, 0.4) is 0 Å². The minimum Gasteiger partial charge on any atom is -0.394 e. The molecule has 0 radical (unpaired) electrons. The van der Waals surface area contributed by atoms with E-state index in [1.807, 2.05) is 0 Å². The summed E-state index contributed by atoms with van der Waals surface area (Å²) in [5, 5.41) is 19.2. The summed E-state index contributed by atoms with van der Waals surface area (Å²) in [6, 6.07) is 1.28. The summed E-state index contributed by atoms with van der Waals surface area (Å²) in [4.78, 5) is 32.7. The predicted molar refractivity (Wildman–Crippen MR) is 66.8 cm³/mol. The van der Waals surface area contributed by atoms with Crippen molar-refractivity contribution in [1.82, 2.24) is 9.55 Å².